The van der Waals surface area contributed by atoms with Crippen LogP contribution in [0.15, 0.2) is 0 Å². The molecule has 0 fully saturated rings. The standard InChI is InChI=1S/C6H14OS.Rb/c1-2-6(8)4-3-5-7;/h6-8H,2-5H2,1H3;/q;+1/p-1. The zero-order valence-corrected chi connectivity index (χ0v) is 12.0. The molecule has 0 radical (unpaired) electrons. The first-order valence-corrected chi connectivity index (χ1v) is 3.55. The SMILES string of the molecule is CCC([S-])CCCO.[Rb+]. The average Bonchev–Trinajstić information content (AvgIpc) is 1.83. The van der Waals surface area contributed by atoms with Crippen molar-refractivity contribution in [2.75, 3.05) is 6.61 Å². The van der Waals surface area contributed by atoms with Crippen molar-refractivity contribution in [1.29, 1.82) is 0 Å². The van der Waals surface area contributed by atoms with Crippen LogP contribution in [0.25, 0.3) is 0 Å². The summed E-state index contributed by atoms with van der Waals surface area (Å²) in [5, 5.41) is 8.74. The molecule has 1 N–H and O–H groups in total. The average molecular weight is 219 g/mol. The summed E-state index contributed by atoms with van der Waals surface area (Å²) < 4.78 is 0. The third kappa shape index (κ3) is 10.1. The molecule has 0 amide bonds. The normalized spacial score (nSPS) is 12.3. The van der Waals surface area contributed by atoms with E-state index in [4.69, 9.17) is 17.7 Å². The van der Waals surface area contributed by atoms with E-state index in [0.717, 1.165) is 19.3 Å². The number of hydrogen-bond acceptors (Lipinski definition) is 2. The minimum atomic E-state index is 0. The second-order valence-corrected chi connectivity index (χ2v) is 2.56. The van der Waals surface area contributed by atoms with Crippen LogP contribution in [0.1, 0.15) is 26.2 Å². The van der Waals surface area contributed by atoms with Crippen molar-refractivity contribution in [2.24, 2.45) is 0 Å². The Morgan fingerprint density at radius 3 is 2.44 bits per heavy atom. The number of hydrogen-bond donors (Lipinski definition) is 1. The van der Waals surface area contributed by atoms with Gasteiger partial charge >= 0.3 is 58.2 Å². The quantitative estimate of drug-likeness (QED) is 0.556. The molecule has 0 saturated carbocycles. The van der Waals surface area contributed by atoms with Crippen LogP contribution in [-0.4, -0.2) is 17.0 Å². The first kappa shape index (κ1) is 13.7. The Morgan fingerprint density at radius 1 is 1.56 bits per heavy atom. The summed E-state index contributed by atoms with van der Waals surface area (Å²) in [5.74, 6) is 0. The van der Waals surface area contributed by atoms with Crippen molar-refractivity contribution in [3.05, 3.63) is 0 Å². The van der Waals surface area contributed by atoms with Gasteiger partial charge in [0.25, 0.3) is 0 Å². The molecule has 0 aliphatic rings. The van der Waals surface area contributed by atoms with Crippen LogP contribution in [0.3, 0.4) is 0 Å². The van der Waals surface area contributed by atoms with Crippen molar-refractivity contribution in [3.8, 4) is 0 Å². The van der Waals surface area contributed by atoms with E-state index < -0.39 is 0 Å². The van der Waals surface area contributed by atoms with Crippen LogP contribution in [0.2, 0.25) is 0 Å². The monoisotopic (exact) mass is 218 g/mol. The molecule has 0 bridgehead atoms. The molecule has 0 rings (SSSR count). The Hall–Kier alpha value is 2.12. The van der Waals surface area contributed by atoms with E-state index in [-0.39, 0.29) is 64.8 Å². The summed E-state index contributed by atoms with van der Waals surface area (Å²) in [5.41, 5.74) is 0. The second-order valence-electron chi connectivity index (χ2n) is 1.90. The van der Waals surface area contributed by atoms with Gasteiger partial charge in [0.05, 0.1) is 0 Å². The molecule has 50 valence electrons. The summed E-state index contributed by atoms with van der Waals surface area (Å²) in [7, 11) is 0. The molecule has 0 aromatic carbocycles. The minimum Gasteiger partial charge on any atom is -0.789 e. The smallest absolute Gasteiger partial charge is 0.789 e. The molecule has 1 unspecified atom stereocenters. The van der Waals surface area contributed by atoms with Crippen LogP contribution in [0.5, 0.6) is 0 Å². The third-order valence-electron chi connectivity index (χ3n) is 1.14. The zero-order chi connectivity index (χ0) is 6.41. The molecular formula is C6H13ORbS. The van der Waals surface area contributed by atoms with Gasteiger partial charge < -0.3 is 17.7 Å². The first-order valence-electron chi connectivity index (χ1n) is 3.08. The molecular weight excluding hydrogens is 206 g/mol. The number of rotatable bonds is 4. The number of aliphatic hydroxyl groups excluding tert-OH is 1. The van der Waals surface area contributed by atoms with Crippen LogP contribution in [0.4, 0.5) is 0 Å². The maximum absolute atomic E-state index is 8.36. The molecule has 0 heterocycles. The molecule has 3 heteroatoms. The van der Waals surface area contributed by atoms with Gasteiger partial charge in [-0.15, -0.1) is 0 Å². The van der Waals surface area contributed by atoms with Gasteiger partial charge in [-0.25, -0.2) is 0 Å². The van der Waals surface area contributed by atoms with E-state index in [1.165, 1.54) is 0 Å². The molecule has 0 spiro atoms. The fourth-order valence-corrected chi connectivity index (χ4v) is 0.690. The fraction of sp³-hybridized carbons (Fsp3) is 1.00. The van der Waals surface area contributed by atoms with Gasteiger partial charge in [-0.3, -0.25) is 0 Å². The molecule has 0 aliphatic heterocycles. The maximum atomic E-state index is 8.36. The third-order valence-corrected chi connectivity index (χ3v) is 1.71. The second kappa shape index (κ2) is 10.1. The number of aliphatic hydroxyl groups is 1. The largest absolute Gasteiger partial charge is 1.00 e. The van der Waals surface area contributed by atoms with Crippen LogP contribution < -0.4 is 58.2 Å². The van der Waals surface area contributed by atoms with Gasteiger partial charge in [0.1, 0.15) is 0 Å². The van der Waals surface area contributed by atoms with E-state index in [2.05, 4.69) is 6.92 Å². The van der Waals surface area contributed by atoms with Gasteiger partial charge in [-0.1, -0.05) is 19.8 Å². The summed E-state index contributed by atoms with van der Waals surface area (Å²) in [6.07, 6.45) is 2.90. The molecule has 1 atom stereocenters. The van der Waals surface area contributed by atoms with Crippen molar-refractivity contribution < 1.29 is 63.3 Å². The molecule has 0 saturated heterocycles. The van der Waals surface area contributed by atoms with Gasteiger partial charge in [-0.05, 0) is 6.42 Å². The Bertz CT molecular complexity index is 52.3. The molecule has 1 nitrogen and oxygen atoms in total. The summed E-state index contributed by atoms with van der Waals surface area (Å²) in [6.45, 7) is 2.36. The van der Waals surface area contributed by atoms with E-state index >= 15 is 0 Å². The van der Waals surface area contributed by atoms with Crippen LogP contribution in [0, 0.1) is 0 Å². The predicted octanol–water partition coefficient (Wildman–Crippen LogP) is -1.91. The van der Waals surface area contributed by atoms with Crippen molar-refractivity contribution in [1.82, 2.24) is 0 Å². The Labute approximate surface area is 112 Å². The Kier molecular flexibility index (Phi) is 15.4. The van der Waals surface area contributed by atoms with Crippen molar-refractivity contribution in [2.45, 2.75) is 31.4 Å². The van der Waals surface area contributed by atoms with Gasteiger partial charge in [0.15, 0.2) is 0 Å². The Morgan fingerprint density at radius 2 is 2.11 bits per heavy atom. The molecule has 0 aromatic rings. The van der Waals surface area contributed by atoms with Gasteiger partial charge in [0.2, 0.25) is 0 Å². The molecule has 9 heavy (non-hydrogen) atoms. The first-order chi connectivity index (χ1) is 3.81. The van der Waals surface area contributed by atoms with Gasteiger partial charge in [-0.2, -0.15) is 5.25 Å². The van der Waals surface area contributed by atoms with Crippen LogP contribution >= 0.6 is 0 Å². The topological polar surface area (TPSA) is 20.2 Å². The van der Waals surface area contributed by atoms with Gasteiger partial charge in [0, 0.05) is 6.61 Å². The van der Waals surface area contributed by atoms with E-state index in [1.54, 1.807) is 0 Å². The van der Waals surface area contributed by atoms with Crippen molar-refractivity contribution >= 4 is 12.6 Å². The van der Waals surface area contributed by atoms with Crippen LogP contribution in [-0.2, 0) is 12.6 Å². The summed E-state index contributed by atoms with van der Waals surface area (Å²) >= 11 is 4.99. The zero-order valence-electron chi connectivity index (χ0n) is 6.26. The van der Waals surface area contributed by atoms with E-state index in [9.17, 15) is 0 Å². The van der Waals surface area contributed by atoms with E-state index in [1.807, 2.05) is 0 Å². The predicted molar refractivity (Wildman–Crippen MR) is 37.8 cm³/mol. The summed E-state index contributed by atoms with van der Waals surface area (Å²) in [6, 6.07) is 0. The fourth-order valence-electron chi connectivity index (χ4n) is 0.523. The molecule has 0 aliphatic carbocycles. The maximum Gasteiger partial charge on any atom is 1.00 e. The summed E-state index contributed by atoms with van der Waals surface area (Å²) in [4.78, 5) is 0. The van der Waals surface area contributed by atoms with E-state index in [0.29, 0.717) is 5.25 Å². The molecule has 0 aromatic heterocycles. The minimum absolute atomic E-state index is 0. The van der Waals surface area contributed by atoms with Crippen molar-refractivity contribution in [3.63, 3.8) is 0 Å². The Balaban J connectivity index is 0.